The van der Waals surface area contributed by atoms with Crippen molar-refractivity contribution in [2.24, 2.45) is 4.99 Å². The molecule has 1 atom stereocenters. The van der Waals surface area contributed by atoms with Gasteiger partial charge in [-0.1, -0.05) is 48.2 Å². The zero-order valence-electron chi connectivity index (χ0n) is 19.6. The van der Waals surface area contributed by atoms with Crippen LogP contribution in [0.1, 0.15) is 12.0 Å². The van der Waals surface area contributed by atoms with Gasteiger partial charge < -0.3 is 14.8 Å². The molecule has 0 saturated carbocycles. The van der Waals surface area contributed by atoms with Crippen molar-refractivity contribution in [2.45, 2.75) is 18.1 Å². The molecule has 7 nitrogen and oxygen atoms in total. The molecule has 8 heteroatoms. The first-order valence-electron chi connectivity index (χ1n) is 11.2. The summed E-state index contributed by atoms with van der Waals surface area (Å²) in [6.45, 7) is 0.481. The smallest absolute Gasteiger partial charge is 0.238 e. The number of methoxy groups -OCH3 is 2. The topological polar surface area (TPSA) is 80.2 Å². The molecule has 0 spiro atoms. The van der Waals surface area contributed by atoms with Gasteiger partial charge in [-0.25, -0.2) is 4.99 Å². The number of amidine groups is 1. The molecule has 1 unspecified atom stereocenters. The Labute approximate surface area is 209 Å². The Morgan fingerprint density at radius 1 is 1.00 bits per heavy atom. The second-order valence-corrected chi connectivity index (χ2v) is 9.08. The molecule has 1 N–H and O–H groups in total. The van der Waals surface area contributed by atoms with Gasteiger partial charge in [0.15, 0.2) is 5.17 Å². The summed E-state index contributed by atoms with van der Waals surface area (Å²) >= 11 is 1.30. The number of amides is 2. The first kappa shape index (κ1) is 24.3. The van der Waals surface area contributed by atoms with Crippen LogP contribution >= 0.6 is 11.8 Å². The van der Waals surface area contributed by atoms with Crippen molar-refractivity contribution in [1.82, 2.24) is 4.90 Å². The van der Waals surface area contributed by atoms with Gasteiger partial charge in [-0.3, -0.25) is 14.5 Å². The number of ether oxygens (including phenoxy) is 2. The minimum atomic E-state index is -0.598. The van der Waals surface area contributed by atoms with E-state index in [-0.39, 0.29) is 18.2 Å². The van der Waals surface area contributed by atoms with E-state index >= 15 is 0 Å². The van der Waals surface area contributed by atoms with Gasteiger partial charge in [-0.15, -0.1) is 0 Å². The van der Waals surface area contributed by atoms with E-state index in [0.717, 1.165) is 11.3 Å². The van der Waals surface area contributed by atoms with Crippen LogP contribution in [0.15, 0.2) is 83.9 Å². The van der Waals surface area contributed by atoms with Gasteiger partial charge in [0.2, 0.25) is 11.8 Å². The van der Waals surface area contributed by atoms with Crippen LogP contribution in [0.2, 0.25) is 0 Å². The first-order valence-corrected chi connectivity index (χ1v) is 12.1. The van der Waals surface area contributed by atoms with Crippen LogP contribution in [-0.2, 0) is 16.0 Å². The fourth-order valence-corrected chi connectivity index (χ4v) is 4.76. The number of aliphatic imine (C=N–C) groups is 1. The molecule has 1 aliphatic rings. The second-order valence-electron chi connectivity index (χ2n) is 7.91. The summed E-state index contributed by atoms with van der Waals surface area (Å²) in [5.74, 6) is 0.987. The number of benzene rings is 3. The standard InChI is InChI=1S/C27H27N3O4S/c1-33-22-13-11-20(12-14-22)29-27-30(16-15-19-7-4-3-5-8-19)25(31)18-24(35-27)26(32)28-21-9-6-10-23(17-21)34-2/h3-14,17,24H,15-16,18H2,1-2H3,(H,28,32). The zero-order valence-corrected chi connectivity index (χ0v) is 20.5. The molecule has 35 heavy (non-hydrogen) atoms. The highest BCUT2D eigenvalue weighted by Gasteiger charge is 2.35. The summed E-state index contributed by atoms with van der Waals surface area (Å²) < 4.78 is 10.5. The fraction of sp³-hybridized carbons (Fsp3) is 0.222. The number of nitrogens with one attached hydrogen (secondary N) is 1. The predicted molar refractivity (Wildman–Crippen MR) is 140 cm³/mol. The van der Waals surface area contributed by atoms with E-state index in [1.54, 1.807) is 43.4 Å². The van der Waals surface area contributed by atoms with Crippen LogP contribution in [0.4, 0.5) is 11.4 Å². The number of carbonyl (C=O) groups is 2. The molecule has 1 heterocycles. The van der Waals surface area contributed by atoms with Gasteiger partial charge in [-0.2, -0.15) is 0 Å². The molecule has 180 valence electrons. The molecule has 0 radical (unpaired) electrons. The molecule has 3 aromatic carbocycles. The number of thioether (sulfide) groups is 1. The lowest BCUT2D eigenvalue weighted by molar-refractivity contribution is -0.129. The number of nitrogens with zero attached hydrogens (tertiary/aromatic N) is 2. The Hall–Kier alpha value is -3.78. The highest BCUT2D eigenvalue weighted by Crippen LogP contribution is 2.31. The summed E-state index contributed by atoms with van der Waals surface area (Å²) in [6.07, 6.45) is 0.784. The average molecular weight is 490 g/mol. The largest absolute Gasteiger partial charge is 0.497 e. The Kier molecular flexibility index (Phi) is 8.05. The maximum atomic E-state index is 13.2. The van der Waals surface area contributed by atoms with E-state index in [0.29, 0.717) is 35.3 Å². The molecule has 1 saturated heterocycles. The molecule has 1 fully saturated rings. The van der Waals surface area contributed by atoms with Gasteiger partial charge in [0.1, 0.15) is 16.7 Å². The maximum Gasteiger partial charge on any atom is 0.238 e. The van der Waals surface area contributed by atoms with Crippen molar-refractivity contribution in [2.75, 3.05) is 26.1 Å². The molecule has 2 amide bonds. The number of rotatable bonds is 8. The molecule has 4 rings (SSSR count). The Morgan fingerprint density at radius 3 is 2.46 bits per heavy atom. The third kappa shape index (κ3) is 6.42. The lowest BCUT2D eigenvalue weighted by Crippen LogP contribution is -2.46. The second kappa shape index (κ2) is 11.6. The van der Waals surface area contributed by atoms with Crippen LogP contribution in [0.3, 0.4) is 0 Å². The minimum Gasteiger partial charge on any atom is -0.497 e. The van der Waals surface area contributed by atoms with E-state index in [1.165, 1.54) is 11.8 Å². The Balaban J connectivity index is 1.55. The van der Waals surface area contributed by atoms with Gasteiger partial charge in [-0.05, 0) is 48.4 Å². The first-order chi connectivity index (χ1) is 17.1. The van der Waals surface area contributed by atoms with E-state index in [1.807, 2.05) is 54.6 Å². The number of hydrogen-bond donors (Lipinski definition) is 1. The SMILES string of the molecule is COc1ccc(N=C2SC(C(=O)Nc3cccc(OC)c3)CC(=O)N2CCc2ccccc2)cc1. The van der Waals surface area contributed by atoms with Crippen LogP contribution in [0.5, 0.6) is 11.5 Å². The molecular weight excluding hydrogens is 462 g/mol. The molecule has 0 aromatic heterocycles. The van der Waals surface area contributed by atoms with Crippen LogP contribution < -0.4 is 14.8 Å². The monoisotopic (exact) mass is 489 g/mol. The third-order valence-corrected chi connectivity index (χ3v) is 6.72. The van der Waals surface area contributed by atoms with E-state index in [9.17, 15) is 9.59 Å². The predicted octanol–water partition coefficient (Wildman–Crippen LogP) is 4.91. The Bertz CT molecular complexity index is 1200. The van der Waals surface area contributed by atoms with Crippen molar-refractivity contribution >= 4 is 40.1 Å². The zero-order chi connectivity index (χ0) is 24.6. The Morgan fingerprint density at radius 2 is 1.74 bits per heavy atom. The molecule has 0 bridgehead atoms. The van der Waals surface area contributed by atoms with Gasteiger partial charge in [0, 0.05) is 24.7 Å². The third-order valence-electron chi connectivity index (χ3n) is 5.53. The van der Waals surface area contributed by atoms with E-state index in [2.05, 4.69) is 5.32 Å². The lowest BCUT2D eigenvalue weighted by Gasteiger charge is -2.32. The van der Waals surface area contributed by atoms with Crippen LogP contribution in [0, 0.1) is 0 Å². The van der Waals surface area contributed by atoms with Gasteiger partial charge in [0.05, 0.1) is 19.9 Å². The van der Waals surface area contributed by atoms with Gasteiger partial charge >= 0.3 is 0 Å². The summed E-state index contributed by atoms with van der Waals surface area (Å²) in [6, 6.07) is 24.4. The van der Waals surface area contributed by atoms with Gasteiger partial charge in [0.25, 0.3) is 0 Å². The molecular formula is C27H27N3O4S. The highest BCUT2D eigenvalue weighted by molar-refractivity contribution is 8.15. The number of hydrogen-bond acceptors (Lipinski definition) is 6. The summed E-state index contributed by atoms with van der Waals surface area (Å²) in [4.78, 5) is 32.7. The average Bonchev–Trinajstić information content (AvgIpc) is 2.89. The molecule has 1 aliphatic heterocycles. The minimum absolute atomic E-state index is 0.0941. The maximum absolute atomic E-state index is 13.2. The van der Waals surface area contributed by atoms with Crippen LogP contribution in [-0.4, -0.2) is 47.9 Å². The summed E-state index contributed by atoms with van der Waals surface area (Å²) in [5.41, 5.74) is 2.43. The van der Waals surface area contributed by atoms with Crippen molar-refractivity contribution in [1.29, 1.82) is 0 Å². The number of anilines is 1. The number of carbonyl (C=O) groups excluding carboxylic acids is 2. The van der Waals surface area contributed by atoms with E-state index in [4.69, 9.17) is 14.5 Å². The normalized spacial score (nSPS) is 16.7. The fourth-order valence-electron chi connectivity index (χ4n) is 3.64. The van der Waals surface area contributed by atoms with E-state index < -0.39 is 5.25 Å². The van der Waals surface area contributed by atoms with Crippen molar-refractivity contribution < 1.29 is 19.1 Å². The lowest BCUT2D eigenvalue weighted by atomic mass is 10.1. The van der Waals surface area contributed by atoms with Crippen molar-refractivity contribution in [3.8, 4) is 11.5 Å². The van der Waals surface area contributed by atoms with Crippen molar-refractivity contribution in [3.63, 3.8) is 0 Å². The molecule has 0 aliphatic carbocycles. The molecule has 3 aromatic rings. The quantitative estimate of drug-likeness (QED) is 0.487. The highest BCUT2D eigenvalue weighted by atomic mass is 32.2. The summed E-state index contributed by atoms with van der Waals surface area (Å²) in [5, 5.41) is 2.81. The summed E-state index contributed by atoms with van der Waals surface area (Å²) in [7, 11) is 3.18. The van der Waals surface area contributed by atoms with Crippen LogP contribution in [0.25, 0.3) is 0 Å². The van der Waals surface area contributed by atoms with Crippen molar-refractivity contribution in [3.05, 3.63) is 84.4 Å².